The normalized spacial score (nSPS) is 15.2. The van der Waals surface area contributed by atoms with Crippen molar-refractivity contribution < 1.29 is 0 Å². The van der Waals surface area contributed by atoms with Crippen molar-refractivity contribution in [2.45, 2.75) is 44.6 Å². The molecular formula is C22H25N3. The molecule has 25 heavy (non-hydrogen) atoms. The van der Waals surface area contributed by atoms with E-state index in [4.69, 9.17) is 10.7 Å². The smallest absolute Gasteiger partial charge is 0.127 e. The summed E-state index contributed by atoms with van der Waals surface area (Å²) >= 11 is 0. The van der Waals surface area contributed by atoms with E-state index in [1.165, 1.54) is 29.8 Å². The van der Waals surface area contributed by atoms with E-state index in [2.05, 4.69) is 72.2 Å². The van der Waals surface area contributed by atoms with Crippen LogP contribution in [-0.4, -0.2) is 9.55 Å². The van der Waals surface area contributed by atoms with Crippen LogP contribution >= 0.6 is 0 Å². The molecule has 3 nitrogen and oxygen atoms in total. The van der Waals surface area contributed by atoms with E-state index in [1.807, 2.05) is 0 Å². The van der Waals surface area contributed by atoms with Crippen LogP contribution in [0.15, 0.2) is 60.7 Å². The Morgan fingerprint density at radius 2 is 1.68 bits per heavy atom. The van der Waals surface area contributed by atoms with Crippen molar-refractivity contribution in [3.63, 3.8) is 0 Å². The third-order valence-corrected chi connectivity index (χ3v) is 5.11. The minimum Gasteiger partial charge on any atom is -0.384 e. The van der Waals surface area contributed by atoms with Gasteiger partial charge in [0.1, 0.15) is 11.6 Å². The van der Waals surface area contributed by atoms with Crippen molar-refractivity contribution in [1.82, 2.24) is 9.55 Å². The van der Waals surface area contributed by atoms with Crippen molar-refractivity contribution in [3.05, 3.63) is 83.3 Å². The maximum Gasteiger partial charge on any atom is 0.127 e. The SMILES string of the molecule is CC(Cc1nc(C2CC2)n(Cc2ccccc2)c1N)c1ccccc1. The van der Waals surface area contributed by atoms with Crippen molar-refractivity contribution in [3.8, 4) is 0 Å². The Labute approximate surface area is 149 Å². The van der Waals surface area contributed by atoms with Gasteiger partial charge in [0.25, 0.3) is 0 Å². The molecule has 1 fully saturated rings. The molecule has 0 aliphatic heterocycles. The summed E-state index contributed by atoms with van der Waals surface area (Å²) in [5.74, 6) is 3.02. The number of nitrogens with two attached hydrogens (primary N) is 1. The average Bonchev–Trinajstić information content (AvgIpc) is 3.45. The molecule has 1 heterocycles. The van der Waals surface area contributed by atoms with Gasteiger partial charge in [-0.2, -0.15) is 0 Å². The van der Waals surface area contributed by atoms with E-state index in [9.17, 15) is 0 Å². The van der Waals surface area contributed by atoms with E-state index in [0.29, 0.717) is 11.8 Å². The standard InChI is InChI=1S/C22H25N3/c1-16(18-10-6-3-7-11-18)14-20-21(23)25(22(24-20)19-12-13-19)15-17-8-4-2-5-9-17/h2-11,16,19H,12-15,23H2,1H3. The number of hydrogen-bond donors (Lipinski definition) is 1. The van der Waals surface area contributed by atoms with Gasteiger partial charge in [0, 0.05) is 5.92 Å². The van der Waals surface area contributed by atoms with Crippen LogP contribution in [0, 0.1) is 0 Å². The molecule has 1 aliphatic rings. The summed E-state index contributed by atoms with van der Waals surface area (Å²) in [7, 11) is 0. The number of anilines is 1. The van der Waals surface area contributed by atoms with Crippen molar-refractivity contribution in [1.29, 1.82) is 0 Å². The fraction of sp³-hybridized carbons (Fsp3) is 0.318. The first-order valence-corrected chi connectivity index (χ1v) is 9.16. The monoisotopic (exact) mass is 331 g/mol. The summed E-state index contributed by atoms with van der Waals surface area (Å²) in [6.45, 7) is 3.06. The minimum atomic E-state index is 0.413. The molecule has 1 unspecified atom stereocenters. The fourth-order valence-electron chi connectivity index (χ4n) is 3.46. The molecule has 0 spiro atoms. The van der Waals surface area contributed by atoms with Crippen molar-refractivity contribution in [2.75, 3.05) is 5.73 Å². The van der Waals surface area contributed by atoms with Crippen LogP contribution in [-0.2, 0) is 13.0 Å². The second kappa shape index (κ2) is 6.75. The van der Waals surface area contributed by atoms with Crippen molar-refractivity contribution in [2.24, 2.45) is 0 Å². The topological polar surface area (TPSA) is 43.8 Å². The maximum absolute atomic E-state index is 6.54. The number of hydrogen-bond acceptors (Lipinski definition) is 2. The molecule has 1 aromatic heterocycles. The summed E-state index contributed by atoms with van der Waals surface area (Å²) < 4.78 is 2.24. The van der Waals surface area contributed by atoms with Crippen LogP contribution < -0.4 is 5.73 Å². The van der Waals surface area contributed by atoms with Gasteiger partial charge in [-0.25, -0.2) is 4.98 Å². The van der Waals surface area contributed by atoms with Gasteiger partial charge in [-0.3, -0.25) is 0 Å². The van der Waals surface area contributed by atoms with E-state index in [0.717, 1.165) is 24.5 Å². The number of imidazole rings is 1. The second-order valence-corrected chi connectivity index (χ2v) is 7.16. The van der Waals surface area contributed by atoms with Crippen LogP contribution in [0.1, 0.15) is 54.2 Å². The molecule has 1 saturated carbocycles. The Morgan fingerprint density at radius 1 is 1.04 bits per heavy atom. The largest absolute Gasteiger partial charge is 0.384 e. The van der Waals surface area contributed by atoms with Gasteiger partial charge >= 0.3 is 0 Å². The molecule has 3 heteroatoms. The molecule has 0 bridgehead atoms. The lowest BCUT2D eigenvalue weighted by Crippen LogP contribution is -2.08. The molecule has 0 radical (unpaired) electrons. The Bertz CT molecular complexity index is 832. The molecule has 1 aliphatic carbocycles. The first-order chi connectivity index (χ1) is 12.2. The number of nitrogens with zero attached hydrogens (tertiary/aromatic N) is 2. The first-order valence-electron chi connectivity index (χ1n) is 9.16. The zero-order valence-corrected chi connectivity index (χ0v) is 14.7. The molecule has 0 amide bonds. The van der Waals surface area contributed by atoms with Gasteiger partial charge in [0.05, 0.1) is 12.2 Å². The third kappa shape index (κ3) is 3.46. The maximum atomic E-state index is 6.54. The Morgan fingerprint density at radius 3 is 2.32 bits per heavy atom. The van der Waals surface area contributed by atoms with Crippen LogP contribution in [0.2, 0.25) is 0 Å². The lowest BCUT2D eigenvalue weighted by atomic mass is 9.96. The lowest BCUT2D eigenvalue weighted by Gasteiger charge is -2.12. The summed E-state index contributed by atoms with van der Waals surface area (Å²) in [5, 5.41) is 0. The van der Waals surface area contributed by atoms with Crippen LogP contribution in [0.3, 0.4) is 0 Å². The summed E-state index contributed by atoms with van der Waals surface area (Å²) in [6, 6.07) is 21.1. The molecule has 128 valence electrons. The Hall–Kier alpha value is -2.55. The van der Waals surface area contributed by atoms with Crippen LogP contribution in [0.25, 0.3) is 0 Å². The van der Waals surface area contributed by atoms with Gasteiger partial charge in [-0.1, -0.05) is 67.6 Å². The van der Waals surface area contributed by atoms with Crippen LogP contribution in [0.5, 0.6) is 0 Å². The number of rotatable bonds is 6. The number of benzene rings is 2. The summed E-state index contributed by atoms with van der Waals surface area (Å²) in [4.78, 5) is 4.97. The average molecular weight is 331 g/mol. The predicted molar refractivity (Wildman–Crippen MR) is 103 cm³/mol. The highest BCUT2D eigenvalue weighted by Crippen LogP contribution is 2.41. The molecule has 3 aromatic rings. The predicted octanol–water partition coefficient (Wildman–Crippen LogP) is 4.74. The molecule has 1 atom stereocenters. The molecule has 2 N–H and O–H groups in total. The minimum absolute atomic E-state index is 0.413. The van der Waals surface area contributed by atoms with E-state index < -0.39 is 0 Å². The summed E-state index contributed by atoms with van der Waals surface area (Å²) in [6.07, 6.45) is 3.36. The Balaban J connectivity index is 1.62. The number of nitrogen functional groups attached to an aromatic ring is 1. The van der Waals surface area contributed by atoms with E-state index >= 15 is 0 Å². The third-order valence-electron chi connectivity index (χ3n) is 5.11. The van der Waals surface area contributed by atoms with Gasteiger partial charge in [-0.05, 0) is 36.3 Å². The van der Waals surface area contributed by atoms with E-state index in [1.54, 1.807) is 0 Å². The zero-order chi connectivity index (χ0) is 17.2. The number of aromatic nitrogens is 2. The molecule has 2 aromatic carbocycles. The summed E-state index contributed by atoms with van der Waals surface area (Å²) in [5.41, 5.74) is 10.2. The molecule has 4 rings (SSSR count). The second-order valence-electron chi connectivity index (χ2n) is 7.16. The fourth-order valence-corrected chi connectivity index (χ4v) is 3.46. The Kier molecular flexibility index (Phi) is 4.31. The van der Waals surface area contributed by atoms with E-state index in [-0.39, 0.29) is 0 Å². The van der Waals surface area contributed by atoms with Gasteiger partial charge in [-0.15, -0.1) is 0 Å². The van der Waals surface area contributed by atoms with Gasteiger partial charge in [0.15, 0.2) is 0 Å². The van der Waals surface area contributed by atoms with Crippen molar-refractivity contribution >= 4 is 5.82 Å². The highest BCUT2D eigenvalue weighted by atomic mass is 15.1. The highest BCUT2D eigenvalue weighted by molar-refractivity contribution is 5.42. The molecular weight excluding hydrogens is 306 g/mol. The van der Waals surface area contributed by atoms with Gasteiger partial charge < -0.3 is 10.3 Å². The highest BCUT2D eigenvalue weighted by Gasteiger charge is 2.31. The lowest BCUT2D eigenvalue weighted by molar-refractivity contribution is 0.733. The van der Waals surface area contributed by atoms with Crippen LogP contribution in [0.4, 0.5) is 5.82 Å². The first kappa shape index (κ1) is 15.9. The van der Waals surface area contributed by atoms with Gasteiger partial charge in [0.2, 0.25) is 0 Å². The molecule has 0 saturated heterocycles. The zero-order valence-electron chi connectivity index (χ0n) is 14.7. The quantitative estimate of drug-likeness (QED) is 0.709.